The van der Waals surface area contributed by atoms with Crippen molar-refractivity contribution in [3.05, 3.63) is 12.2 Å². The van der Waals surface area contributed by atoms with E-state index in [0.717, 1.165) is 5.82 Å². The van der Waals surface area contributed by atoms with E-state index in [1.807, 2.05) is 7.05 Å². The molecule has 17 heavy (non-hydrogen) atoms. The molecule has 0 saturated carbocycles. The van der Waals surface area contributed by atoms with E-state index >= 15 is 0 Å². The Morgan fingerprint density at radius 1 is 1.53 bits per heavy atom. The third-order valence-electron chi connectivity index (χ3n) is 2.48. The van der Waals surface area contributed by atoms with Gasteiger partial charge in [-0.2, -0.15) is 0 Å². The standard InChI is InChI=1S/C9H19N5O2S/c1-8(6-10-2)17(15,16)12-5-4-9-13-11-7-14(9)3/h7-8,10,12H,4-6H2,1-3H3. The normalized spacial score (nSPS) is 13.8. The minimum atomic E-state index is -3.26. The van der Waals surface area contributed by atoms with Crippen molar-refractivity contribution in [1.29, 1.82) is 0 Å². The van der Waals surface area contributed by atoms with Crippen LogP contribution in [-0.2, 0) is 23.5 Å². The van der Waals surface area contributed by atoms with Crippen LogP contribution in [0.4, 0.5) is 0 Å². The molecule has 0 aliphatic heterocycles. The van der Waals surface area contributed by atoms with E-state index in [-0.39, 0.29) is 0 Å². The van der Waals surface area contributed by atoms with Gasteiger partial charge in [0.1, 0.15) is 12.2 Å². The van der Waals surface area contributed by atoms with Crippen molar-refractivity contribution in [2.45, 2.75) is 18.6 Å². The van der Waals surface area contributed by atoms with E-state index in [2.05, 4.69) is 20.2 Å². The van der Waals surface area contributed by atoms with Crippen LogP contribution in [-0.4, -0.2) is 48.6 Å². The maximum atomic E-state index is 11.7. The molecule has 98 valence electrons. The molecule has 1 heterocycles. The Morgan fingerprint density at radius 3 is 2.76 bits per heavy atom. The summed E-state index contributed by atoms with van der Waals surface area (Å²) in [6.45, 7) is 2.43. The number of rotatable bonds is 7. The van der Waals surface area contributed by atoms with Gasteiger partial charge in [0.2, 0.25) is 10.0 Å². The monoisotopic (exact) mass is 261 g/mol. The van der Waals surface area contributed by atoms with E-state index in [4.69, 9.17) is 0 Å². The van der Waals surface area contributed by atoms with Gasteiger partial charge in [0, 0.05) is 26.6 Å². The number of aryl methyl sites for hydroxylation is 1. The minimum Gasteiger partial charge on any atom is -0.321 e. The van der Waals surface area contributed by atoms with Crippen LogP contribution in [0, 0.1) is 0 Å². The molecule has 1 atom stereocenters. The first kappa shape index (κ1) is 14.1. The molecule has 1 aromatic heterocycles. The molecule has 8 heteroatoms. The summed E-state index contributed by atoms with van der Waals surface area (Å²) in [4.78, 5) is 0. The fourth-order valence-corrected chi connectivity index (χ4v) is 2.44. The molecule has 1 aromatic rings. The Hall–Kier alpha value is -0.990. The third-order valence-corrected chi connectivity index (χ3v) is 4.31. The topological polar surface area (TPSA) is 88.9 Å². The summed E-state index contributed by atoms with van der Waals surface area (Å²) in [5.74, 6) is 0.758. The number of hydrogen-bond acceptors (Lipinski definition) is 5. The van der Waals surface area contributed by atoms with E-state index in [0.29, 0.717) is 19.5 Å². The van der Waals surface area contributed by atoms with Gasteiger partial charge in [-0.05, 0) is 14.0 Å². The number of nitrogens with zero attached hydrogens (tertiary/aromatic N) is 3. The van der Waals surface area contributed by atoms with E-state index in [9.17, 15) is 8.42 Å². The molecule has 0 amide bonds. The second-order valence-corrected chi connectivity index (χ2v) is 6.10. The van der Waals surface area contributed by atoms with Crippen LogP contribution in [0.15, 0.2) is 6.33 Å². The Balaban J connectivity index is 2.43. The molecule has 0 aromatic carbocycles. The quantitative estimate of drug-likeness (QED) is 0.649. The van der Waals surface area contributed by atoms with Crippen molar-refractivity contribution in [3.63, 3.8) is 0 Å². The molecular weight excluding hydrogens is 242 g/mol. The molecular formula is C9H19N5O2S. The second-order valence-electron chi connectivity index (χ2n) is 3.92. The van der Waals surface area contributed by atoms with Crippen LogP contribution in [0.1, 0.15) is 12.7 Å². The molecule has 1 unspecified atom stereocenters. The summed E-state index contributed by atoms with van der Waals surface area (Å²) in [5.41, 5.74) is 0. The SMILES string of the molecule is CNCC(C)S(=O)(=O)NCCc1nncn1C. The first-order valence-electron chi connectivity index (χ1n) is 5.43. The molecule has 1 rings (SSSR count). The molecule has 0 fully saturated rings. The van der Waals surface area contributed by atoms with Crippen molar-refractivity contribution >= 4 is 10.0 Å². The zero-order valence-corrected chi connectivity index (χ0v) is 11.2. The lowest BCUT2D eigenvalue weighted by Gasteiger charge is -2.13. The van der Waals surface area contributed by atoms with Gasteiger partial charge in [0.05, 0.1) is 5.25 Å². The van der Waals surface area contributed by atoms with Gasteiger partial charge in [-0.15, -0.1) is 10.2 Å². The van der Waals surface area contributed by atoms with Crippen molar-refractivity contribution in [3.8, 4) is 0 Å². The van der Waals surface area contributed by atoms with E-state index in [1.165, 1.54) is 0 Å². The lowest BCUT2D eigenvalue weighted by Crippen LogP contribution is -2.39. The van der Waals surface area contributed by atoms with Crippen molar-refractivity contribution < 1.29 is 8.42 Å². The van der Waals surface area contributed by atoms with Gasteiger partial charge < -0.3 is 9.88 Å². The summed E-state index contributed by atoms with van der Waals surface area (Å²) in [6, 6.07) is 0. The molecule has 0 radical (unpaired) electrons. The maximum absolute atomic E-state index is 11.7. The first-order valence-corrected chi connectivity index (χ1v) is 6.98. The lowest BCUT2D eigenvalue weighted by molar-refractivity contribution is 0.562. The van der Waals surface area contributed by atoms with Gasteiger partial charge in [-0.3, -0.25) is 0 Å². The van der Waals surface area contributed by atoms with E-state index in [1.54, 1.807) is 24.9 Å². The highest BCUT2D eigenvalue weighted by Gasteiger charge is 2.19. The van der Waals surface area contributed by atoms with Crippen molar-refractivity contribution in [1.82, 2.24) is 24.8 Å². The highest BCUT2D eigenvalue weighted by atomic mass is 32.2. The first-order chi connectivity index (χ1) is 7.97. The molecule has 0 saturated heterocycles. The Labute approximate surface area is 102 Å². The fraction of sp³-hybridized carbons (Fsp3) is 0.778. The molecule has 0 aliphatic carbocycles. The zero-order chi connectivity index (χ0) is 12.9. The van der Waals surface area contributed by atoms with Crippen LogP contribution in [0.3, 0.4) is 0 Å². The predicted octanol–water partition coefficient (Wildman–Crippen LogP) is -1.12. The summed E-state index contributed by atoms with van der Waals surface area (Å²) < 4.78 is 27.8. The van der Waals surface area contributed by atoms with Crippen LogP contribution in [0.5, 0.6) is 0 Å². The highest BCUT2D eigenvalue weighted by Crippen LogP contribution is 1.98. The largest absolute Gasteiger partial charge is 0.321 e. The second kappa shape index (κ2) is 6.08. The summed E-state index contributed by atoms with van der Waals surface area (Å²) in [6.07, 6.45) is 2.12. The Morgan fingerprint density at radius 2 is 2.24 bits per heavy atom. The molecule has 2 N–H and O–H groups in total. The maximum Gasteiger partial charge on any atom is 0.215 e. The summed E-state index contributed by atoms with van der Waals surface area (Å²) in [5, 5.41) is 10.00. The van der Waals surface area contributed by atoms with Crippen LogP contribution in [0.2, 0.25) is 0 Å². The highest BCUT2D eigenvalue weighted by molar-refractivity contribution is 7.90. The average molecular weight is 261 g/mol. The smallest absolute Gasteiger partial charge is 0.215 e. The van der Waals surface area contributed by atoms with Gasteiger partial charge >= 0.3 is 0 Å². The minimum absolute atomic E-state index is 0.336. The van der Waals surface area contributed by atoms with Gasteiger partial charge in [-0.25, -0.2) is 13.1 Å². The van der Waals surface area contributed by atoms with Crippen LogP contribution >= 0.6 is 0 Å². The lowest BCUT2D eigenvalue weighted by atomic mass is 10.4. The molecule has 7 nitrogen and oxygen atoms in total. The molecule has 0 aliphatic rings. The fourth-order valence-electron chi connectivity index (χ4n) is 1.38. The molecule has 0 bridgehead atoms. The van der Waals surface area contributed by atoms with Crippen molar-refractivity contribution in [2.24, 2.45) is 7.05 Å². The average Bonchev–Trinajstić information content (AvgIpc) is 2.65. The van der Waals surface area contributed by atoms with Gasteiger partial charge in [0.15, 0.2) is 0 Å². The van der Waals surface area contributed by atoms with E-state index < -0.39 is 15.3 Å². The number of aromatic nitrogens is 3. The van der Waals surface area contributed by atoms with Crippen molar-refractivity contribution in [2.75, 3.05) is 20.1 Å². The predicted molar refractivity (Wildman–Crippen MR) is 65.0 cm³/mol. The van der Waals surface area contributed by atoms with Gasteiger partial charge in [0.25, 0.3) is 0 Å². The number of nitrogens with one attached hydrogen (secondary N) is 2. The number of sulfonamides is 1. The Kier molecular flexibility index (Phi) is 5.03. The third kappa shape index (κ3) is 4.06. The van der Waals surface area contributed by atoms with Crippen LogP contribution in [0.25, 0.3) is 0 Å². The molecule has 0 spiro atoms. The van der Waals surface area contributed by atoms with Crippen LogP contribution < -0.4 is 10.0 Å². The zero-order valence-electron chi connectivity index (χ0n) is 10.3. The van der Waals surface area contributed by atoms with Gasteiger partial charge in [-0.1, -0.05) is 0 Å². The Bertz CT molecular complexity index is 442. The number of hydrogen-bond donors (Lipinski definition) is 2. The summed E-state index contributed by atoms with van der Waals surface area (Å²) in [7, 11) is 0.296. The summed E-state index contributed by atoms with van der Waals surface area (Å²) >= 11 is 0.